The Kier molecular flexibility index (Phi) is 5.31. The molecule has 4 aromatic carbocycles. The minimum absolute atomic E-state index is 0.103. The monoisotopic (exact) mass is 665 g/mol. The molecule has 6 aromatic rings. The molecule has 4 nitrogen and oxygen atoms in total. The Bertz CT molecular complexity index is 2500. The van der Waals surface area contributed by atoms with Gasteiger partial charge in [-0.3, -0.25) is 0 Å². The number of aromatic nitrogens is 3. The minimum Gasteiger partial charge on any atom is -0.456 e. The molecule has 252 valence electrons. The van der Waals surface area contributed by atoms with E-state index in [2.05, 4.69) is 91.0 Å². The molecule has 0 saturated heterocycles. The second kappa shape index (κ2) is 9.56. The topological polar surface area (TPSA) is 51.8 Å². The number of para-hydroxylation sites is 2. The molecule has 0 aliphatic heterocycles. The number of rotatable bonds is 3. The molecule has 2 aromatic heterocycles. The lowest BCUT2D eigenvalue weighted by atomic mass is 9.49. The van der Waals surface area contributed by atoms with Crippen LogP contribution in [0.2, 0.25) is 0 Å². The van der Waals surface area contributed by atoms with E-state index in [1.807, 2.05) is 0 Å². The van der Waals surface area contributed by atoms with Gasteiger partial charge in [0.15, 0.2) is 5.82 Å². The van der Waals surface area contributed by atoms with E-state index >= 15 is 0 Å². The first-order valence-electron chi connectivity index (χ1n) is 19.9. The highest BCUT2D eigenvalue weighted by Gasteiger charge is 2.77. The molecule has 15 rings (SSSR count). The SMILES string of the molecule is c1ccc2c(c1)oc1ccccc1c1cccc(-c3nc(C45CC6CC(CC(C6)C4)C5)nc(C45CC6C7C[C@@H](C4)C6(C7)C5)n3)c1c1ccccc21. The Morgan fingerprint density at radius 2 is 1.10 bits per heavy atom. The number of benzene rings is 4. The van der Waals surface area contributed by atoms with E-state index in [0.29, 0.717) is 5.41 Å². The smallest absolute Gasteiger partial charge is 0.164 e. The van der Waals surface area contributed by atoms with Crippen LogP contribution in [0.4, 0.5) is 0 Å². The Balaban J connectivity index is 1.14. The van der Waals surface area contributed by atoms with E-state index in [1.165, 1.54) is 92.2 Å². The maximum atomic E-state index is 6.80. The van der Waals surface area contributed by atoms with E-state index in [1.54, 1.807) is 0 Å². The van der Waals surface area contributed by atoms with Gasteiger partial charge in [0.1, 0.15) is 22.8 Å². The van der Waals surface area contributed by atoms with Crippen molar-refractivity contribution in [2.45, 2.75) is 81.5 Å². The summed E-state index contributed by atoms with van der Waals surface area (Å²) >= 11 is 0. The van der Waals surface area contributed by atoms with Gasteiger partial charge >= 0.3 is 0 Å². The lowest BCUT2D eigenvalue weighted by molar-refractivity contribution is -0.00971. The summed E-state index contributed by atoms with van der Waals surface area (Å²) in [6.45, 7) is 0. The third-order valence-corrected chi connectivity index (χ3v) is 16.0. The molecule has 0 N–H and O–H groups in total. The van der Waals surface area contributed by atoms with Gasteiger partial charge in [0.05, 0.1) is 0 Å². The van der Waals surface area contributed by atoms with Crippen LogP contribution in [-0.2, 0) is 10.8 Å². The van der Waals surface area contributed by atoms with Crippen molar-refractivity contribution >= 4 is 43.5 Å². The molecule has 7 bridgehead atoms. The summed E-state index contributed by atoms with van der Waals surface area (Å²) in [5.41, 5.74) is 3.69. The Hall–Kier alpha value is -4.31. The predicted molar refractivity (Wildman–Crippen MR) is 203 cm³/mol. The summed E-state index contributed by atoms with van der Waals surface area (Å²) in [6, 6.07) is 32.7. The van der Waals surface area contributed by atoms with Gasteiger partial charge in [-0.15, -0.1) is 0 Å². The molecule has 9 aliphatic carbocycles. The highest BCUT2D eigenvalue weighted by molar-refractivity contribution is 6.22. The van der Waals surface area contributed by atoms with Crippen LogP contribution >= 0.6 is 0 Å². The van der Waals surface area contributed by atoms with E-state index in [4.69, 9.17) is 19.4 Å². The number of hydrogen-bond acceptors (Lipinski definition) is 4. The zero-order valence-electron chi connectivity index (χ0n) is 29.2. The largest absolute Gasteiger partial charge is 0.456 e. The number of nitrogens with zero attached hydrogens (tertiary/aromatic N) is 3. The van der Waals surface area contributed by atoms with Gasteiger partial charge in [0.25, 0.3) is 0 Å². The second-order valence-electron chi connectivity index (χ2n) is 18.5. The third kappa shape index (κ3) is 3.64. The first-order chi connectivity index (χ1) is 25.1. The molecule has 9 fully saturated rings. The number of fused-ring (bicyclic) bond motifs is 8. The first kappa shape index (κ1) is 28.3. The van der Waals surface area contributed by atoms with Crippen LogP contribution in [0.3, 0.4) is 0 Å². The van der Waals surface area contributed by atoms with Crippen LogP contribution in [0, 0.1) is 40.9 Å². The summed E-state index contributed by atoms with van der Waals surface area (Å²) in [5, 5.41) is 6.94. The minimum atomic E-state index is 0.103. The third-order valence-electron chi connectivity index (χ3n) is 16.0. The molecule has 9 saturated carbocycles. The van der Waals surface area contributed by atoms with E-state index in [0.717, 1.165) is 80.5 Å². The fraction of sp³-hybridized carbons (Fsp3) is 0.426. The second-order valence-corrected chi connectivity index (χ2v) is 18.5. The van der Waals surface area contributed by atoms with Crippen molar-refractivity contribution in [3.8, 4) is 11.4 Å². The Labute approximate surface area is 298 Å². The van der Waals surface area contributed by atoms with Crippen LogP contribution in [-0.4, -0.2) is 15.0 Å². The van der Waals surface area contributed by atoms with Gasteiger partial charge in [-0.25, -0.2) is 15.0 Å². The molecule has 0 radical (unpaired) electrons. The van der Waals surface area contributed by atoms with Crippen molar-refractivity contribution in [1.29, 1.82) is 0 Å². The average molecular weight is 666 g/mol. The summed E-state index contributed by atoms with van der Waals surface area (Å²) < 4.78 is 6.80. The molecule has 4 heteroatoms. The molecule has 5 atom stereocenters. The zero-order valence-corrected chi connectivity index (χ0v) is 29.2. The van der Waals surface area contributed by atoms with Crippen LogP contribution in [0.15, 0.2) is 95.4 Å². The average Bonchev–Trinajstić information content (AvgIpc) is 3.81. The van der Waals surface area contributed by atoms with Gasteiger partial charge in [-0.2, -0.15) is 0 Å². The van der Waals surface area contributed by atoms with Crippen molar-refractivity contribution in [2.24, 2.45) is 40.9 Å². The predicted octanol–water partition coefficient (Wildman–Crippen LogP) is 11.4. The molecule has 9 aliphatic rings. The Morgan fingerprint density at radius 3 is 1.78 bits per heavy atom. The maximum absolute atomic E-state index is 6.80. The van der Waals surface area contributed by atoms with Gasteiger partial charge in [0, 0.05) is 32.6 Å². The molecule has 1 spiro atoms. The van der Waals surface area contributed by atoms with E-state index in [-0.39, 0.29) is 10.8 Å². The van der Waals surface area contributed by atoms with Crippen molar-refractivity contribution in [1.82, 2.24) is 15.0 Å². The molecule has 2 heterocycles. The van der Waals surface area contributed by atoms with Crippen molar-refractivity contribution < 1.29 is 4.42 Å². The fourth-order valence-corrected chi connectivity index (χ4v) is 14.6. The quantitative estimate of drug-likeness (QED) is 0.189. The lowest BCUT2D eigenvalue weighted by Gasteiger charge is -2.56. The highest BCUT2D eigenvalue weighted by atomic mass is 16.3. The summed E-state index contributed by atoms with van der Waals surface area (Å²) in [5.74, 6) is 8.46. The van der Waals surface area contributed by atoms with Gasteiger partial charge in [-0.1, -0.05) is 78.9 Å². The van der Waals surface area contributed by atoms with E-state index in [9.17, 15) is 0 Å². The van der Waals surface area contributed by atoms with Crippen molar-refractivity contribution in [3.63, 3.8) is 0 Å². The normalized spacial score (nSPS) is 36.4. The van der Waals surface area contributed by atoms with E-state index < -0.39 is 0 Å². The molecular formula is C47H43N3O. The molecular weight excluding hydrogens is 623 g/mol. The fourth-order valence-electron chi connectivity index (χ4n) is 14.6. The molecule has 4 unspecified atom stereocenters. The van der Waals surface area contributed by atoms with Crippen molar-refractivity contribution in [2.75, 3.05) is 0 Å². The van der Waals surface area contributed by atoms with Crippen LogP contribution < -0.4 is 0 Å². The van der Waals surface area contributed by atoms with Crippen LogP contribution in [0.5, 0.6) is 0 Å². The molecule has 51 heavy (non-hydrogen) atoms. The summed E-state index contributed by atoms with van der Waals surface area (Å²) in [6.07, 6.45) is 14.9. The lowest BCUT2D eigenvalue weighted by Crippen LogP contribution is -2.49. The standard InChI is InChI=1S/C47H43N3O/c1-2-11-35-32(8-1)33-9-3-5-14-39(33)51-40-15-6-4-10-34(40)36-12-7-13-37(41(35)36)42-48-43(45-20-27-16-28(21-45)18-29(17-27)22-45)50-44(49-42)46-24-31-19-30-23-47(31,26-46)38(30)25-46/h1-15,27-31,38H,16-26H2/t27?,28?,29?,30?,31-,38?,45?,46?,47?/m0/s1. The zero-order chi connectivity index (χ0) is 33.1. The Morgan fingerprint density at radius 1 is 0.510 bits per heavy atom. The summed E-state index contributed by atoms with van der Waals surface area (Å²) in [7, 11) is 0. The van der Waals surface area contributed by atoms with Gasteiger partial charge < -0.3 is 4.42 Å². The summed E-state index contributed by atoms with van der Waals surface area (Å²) in [4.78, 5) is 17.2. The first-order valence-corrected chi connectivity index (χ1v) is 19.9. The van der Waals surface area contributed by atoms with Gasteiger partial charge in [0.2, 0.25) is 0 Å². The van der Waals surface area contributed by atoms with Crippen LogP contribution in [0.1, 0.15) is 82.3 Å². The van der Waals surface area contributed by atoms with Gasteiger partial charge in [-0.05, 0) is 140 Å². The molecule has 0 amide bonds. The highest BCUT2D eigenvalue weighted by Crippen LogP contribution is 2.83. The maximum Gasteiger partial charge on any atom is 0.164 e. The van der Waals surface area contributed by atoms with Crippen LogP contribution in [0.25, 0.3) is 54.9 Å². The number of hydrogen-bond donors (Lipinski definition) is 0. The van der Waals surface area contributed by atoms with Crippen molar-refractivity contribution in [3.05, 3.63) is 103 Å².